The minimum atomic E-state index is -0.970. The molecule has 0 spiro atoms. The molecule has 2 aromatic carbocycles. The number of urea groups is 1. The van der Waals surface area contributed by atoms with Gasteiger partial charge in [-0.3, -0.25) is 14.9 Å². The van der Waals surface area contributed by atoms with Crippen LogP contribution in [0.3, 0.4) is 0 Å². The Morgan fingerprint density at radius 1 is 1.12 bits per heavy atom. The van der Waals surface area contributed by atoms with Crippen molar-refractivity contribution in [2.24, 2.45) is 0 Å². The lowest BCUT2D eigenvalue weighted by atomic mass is 9.78. The Kier molecular flexibility index (Phi) is 5.84. The summed E-state index contributed by atoms with van der Waals surface area (Å²) >= 11 is 0. The average molecular weight is 464 g/mol. The number of nitrogens with zero attached hydrogens (tertiary/aromatic N) is 2. The highest BCUT2D eigenvalue weighted by Crippen LogP contribution is 2.45. The molecular formula is C27H30FN3O3. The predicted molar refractivity (Wildman–Crippen MR) is 131 cm³/mol. The number of anilines is 2. The van der Waals surface area contributed by atoms with E-state index >= 15 is 0 Å². The van der Waals surface area contributed by atoms with Gasteiger partial charge in [-0.1, -0.05) is 19.1 Å². The predicted octanol–water partition coefficient (Wildman–Crippen LogP) is 5.30. The summed E-state index contributed by atoms with van der Waals surface area (Å²) in [6, 6.07) is 8.93. The second-order valence-corrected chi connectivity index (χ2v) is 10.1. The maximum Gasteiger partial charge on any atom is 0.336 e. The number of halogens is 1. The highest BCUT2D eigenvalue weighted by molar-refractivity contribution is 6.39. The fraction of sp³-hybridized carbons (Fsp3) is 0.370. The number of rotatable bonds is 3. The molecule has 0 aromatic heterocycles. The third-order valence-electron chi connectivity index (χ3n) is 6.67. The van der Waals surface area contributed by atoms with Gasteiger partial charge in [0.1, 0.15) is 11.4 Å². The van der Waals surface area contributed by atoms with E-state index < -0.39 is 23.7 Å². The number of imide groups is 2. The highest BCUT2D eigenvalue weighted by atomic mass is 19.1. The summed E-state index contributed by atoms with van der Waals surface area (Å²) in [6.07, 6.45) is 2.46. The number of amides is 4. The number of hydrogen-bond acceptors (Lipinski definition) is 4. The van der Waals surface area contributed by atoms with Crippen molar-refractivity contribution in [1.29, 1.82) is 0 Å². The molecule has 4 rings (SSSR count). The van der Waals surface area contributed by atoms with E-state index in [0.717, 1.165) is 34.9 Å². The molecule has 2 aliphatic rings. The van der Waals surface area contributed by atoms with Gasteiger partial charge in [0.2, 0.25) is 0 Å². The number of carbonyl (C=O) groups excluding carboxylic acids is 3. The Morgan fingerprint density at radius 3 is 2.44 bits per heavy atom. The van der Waals surface area contributed by atoms with Crippen LogP contribution in [0.25, 0.3) is 6.08 Å². The molecule has 0 aliphatic carbocycles. The Labute approximate surface area is 199 Å². The van der Waals surface area contributed by atoms with E-state index in [1.807, 2.05) is 13.0 Å². The molecule has 2 aromatic rings. The van der Waals surface area contributed by atoms with Crippen molar-refractivity contribution in [2.75, 3.05) is 9.80 Å². The van der Waals surface area contributed by atoms with E-state index in [1.54, 1.807) is 0 Å². The zero-order valence-corrected chi connectivity index (χ0v) is 20.4. The van der Waals surface area contributed by atoms with E-state index in [-0.39, 0.29) is 22.7 Å². The van der Waals surface area contributed by atoms with Crippen LogP contribution in [0.5, 0.6) is 0 Å². The van der Waals surface area contributed by atoms with Gasteiger partial charge in [-0.15, -0.1) is 0 Å². The second-order valence-electron chi connectivity index (χ2n) is 10.1. The molecule has 4 amide bonds. The number of nitrogens with one attached hydrogen (secondary N) is 1. The molecular weight excluding hydrogens is 433 g/mol. The van der Waals surface area contributed by atoms with Crippen LogP contribution in [0, 0.1) is 12.7 Å². The standard InChI is InChI=1S/C27H30FN3O3/c1-15(2)31-23-11-16(3)18(12-19(23)17(4)14-27(31,5)6)13-20-24(32)29-26(34)30(25(20)33)22-10-8-7-9-21(22)28/h7-13,15,17H,14H2,1-6H3,(H,29,32,34)/b20-13+/t17-/m0/s1. The number of carbonyl (C=O) groups is 3. The number of hydrogen-bond donors (Lipinski definition) is 1. The van der Waals surface area contributed by atoms with E-state index in [0.29, 0.717) is 10.9 Å². The van der Waals surface area contributed by atoms with Gasteiger partial charge < -0.3 is 4.90 Å². The fourth-order valence-electron chi connectivity index (χ4n) is 5.41. The highest BCUT2D eigenvalue weighted by Gasteiger charge is 2.40. The number of barbiturate groups is 1. The second kappa shape index (κ2) is 8.38. The third kappa shape index (κ3) is 3.89. The van der Waals surface area contributed by atoms with Gasteiger partial charge in [0.15, 0.2) is 0 Å². The minimum Gasteiger partial charge on any atom is -0.364 e. The van der Waals surface area contributed by atoms with E-state index in [9.17, 15) is 18.8 Å². The summed E-state index contributed by atoms with van der Waals surface area (Å²) < 4.78 is 14.3. The summed E-state index contributed by atoms with van der Waals surface area (Å²) in [4.78, 5) is 41.3. The Balaban J connectivity index is 1.80. The topological polar surface area (TPSA) is 69.7 Å². The summed E-state index contributed by atoms with van der Waals surface area (Å²) in [5.41, 5.74) is 3.50. The summed E-state index contributed by atoms with van der Waals surface area (Å²) in [7, 11) is 0. The van der Waals surface area contributed by atoms with Crippen molar-refractivity contribution >= 4 is 35.3 Å². The average Bonchev–Trinajstić information content (AvgIpc) is 2.72. The van der Waals surface area contributed by atoms with E-state index in [4.69, 9.17) is 0 Å². The van der Waals surface area contributed by atoms with Crippen LogP contribution >= 0.6 is 0 Å². The van der Waals surface area contributed by atoms with Crippen molar-refractivity contribution in [2.45, 2.75) is 65.5 Å². The van der Waals surface area contributed by atoms with Gasteiger partial charge in [-0.25, -0.2) is 14.1 Å². The molecule has 1 fully saturated rings. The summed E-state index contributed by atoms with van der Waals surface area (Å²) in [5, 5.41) is 2.16. The molecule has 1 saturated heterocycles. The smallest absolute Gasteiger partial charge is 0.336 e. The molecule has 2 heterocycles. The Morgan fingerprint density at radius 2 is 1.79 bits per heavy atom. The SMILES string of the molecule is Cc1cc2c(cc1/C=C1\C(=O)NC(=O)N(c3ccccc3F)C1=O)[C@@H](C)CC(C)(C)N2C(C)C. The van der Waals surface area contributed by atoms with Crippen LogP contribution in [0.1, 0.15) is 63.6 Å². The van der Waals surface area contributed by atoms with Crippen LogP contribution in [-0.2, 0) is 9.59 Å². The third-order valence-corrected chi connectivity index (χ3v) is 6.67. The lowest BCUT2D eigenvalue weighted by Gasteiger charge is -2.50. The first-order valence-corrected chi connectivity index (χ1v) is 11.5. The zero-order valence-electron chi connectivity index (χ0n) is 20.4. The first kappa shape index (κ1) is 23.7. The maximum atomic E-state index is 14.3. The Hall–Kier alpha value is -3.48. The van der Waals surface area contributed by atoms with Crippen LogP contribution < -0.4 is 15.1 Å². The van der Waals surface area contributed by atoms with Crippen molar-refractivity contribution < 1.29 is 18.8 Å². The van der Waals surface area contributed by atoms with Gasteiger partial charge in [-0.05, 0) is 94.0 Å². The molecule has 0 saturated carbocycles. The molecule has 0 bridgehead atoms. The van der Waals surface area contributed by atoms with Gasteiger partial charge in [0.25, 0.3) is 11.8 Å². The molecule has 6 nitrogen and oxygen atoms in total. The largest absolute Gasteiger partial charge is 0.364 e. The minimum absolute atomic E-state index is 0.00710. The lowest BCUT2D eigenvalue weighted by Crippen LogP contribution is -2.54. The van der Waals surface area contributed by atoms with Gasteiger partial charge in [0, 0.05) is 17.3 Å². The maximum absolute atomic E-state index is 14.3. The number of fused-ring (bicyclic) bond motifs is 1. The van der Waals surface area contributed by atoms with Gasteiger partial charge in [0.05, 0.1) is 5.69 Å². The molecule has 178 valence electrons. The summed E-state index contributed by atoms with van der Waals surface area (Å²) in [5.74, 6) is -2.09. The van der Waals surface area contributed by atoms with Crippen molar-refractivity contribution in [3.63, 3.8) is 0 Å². The first-order chi connectivity index (χ1) is 15.9. The molecule has 1 N–H and O–H groups in total. The van der Waals surface area contributed by atoms with Crippen molar-refractivity contribution in [3.8, 4) is 0 Å². The molecule has 1 atom stereocenters. The molecule has 0 unspecified atom stereocenters. The van der Waals surface area contributed by atoms with Crippen LogP contribution in [0.2, 0.25) is 0 Å². The fourth-order valence-corrected chi connectivity index (χ4v) is 5.41. The quantitative estimate of drug-likeness (QED) is 0.495. The van der Waals surface area contributed by atoms with E-state index in [1.165, 1.54) is 24.3 Å². The normalized spacial score (nSPS) is 21.2. The Bertz CT molecular complexity index is 1230. The van der Waals surface area contributed by atoms with Crippen molar-refractivity contribution in [3.05, 3.63) is 64.5 Å². The summed E-state index contributed by atoms with van der Waals surface area (Å²) in [6.45, 7) is 13.0. The monoisotopic (exact) mass is 463 g/mol. The van der Waals surface area contributed by atoms with Crippen LogP contribution in [0.15, 0.2) is 42.0 Å². The lowest BCUT2D eigenvalue weighted by molar-refractivity contribution is -0.122. The number of aryl methyl sites for hydroxylation is 1. The first-order valence-electron chi connectivity index (χ1n) is 11.5. The van der Waals surface area contributed by atoms with Crippen LogP contribution in [-0.4, -0.2) is 29.4 Å². The number of para-hydroxylation sites is 1. The van der Waals surface area contributed by atoms with Gasteiger partial charge >= 0.3 is 6.03 Å². The zero-order chi connectivity index (χ0) is 24.9. The van der Waals surface area contributed by atoms with Gasteiger partial charge in [-0.2, -0.15) is 0 Å². The number of benzene rings is 2. The molecule has 7 heteroatoms. The van der Waals surface area contributed by atoms with Crippen molar-refractivity contribution in [1.82, 2.24) is 5.32 Å². The molecule has 2 aliphatic heterocycles. The van der Waals surface area contributed by atoms with E-state index in [2.05, 4.69) is 50.9 Å². The van der Waals surface area contributed by atoms with Crippen LogP contribution in [0.4, 0.5) is 20.6 Å². The molecule has 34 heavy (non-hydrogen) atoms. The molecule has 0 radical (unpaired) electrons.